The number of aliphatic hydroxyl groups is 1. The fourth-order valence-corrected chi connectivity index (χ4v) is 1.82. The zero-order valence-corrected chi connectivity index (χ0v) is 8.74. The van der Waals surface area contributed by atoms with E-state index in [1.165, 1.54) is 0 Å². The van der Waals surface area contributed by atoms with E-state index in [4.69, 9.17) is 9.84 Å². The number of methoxy groups -OCH3 is 1. The Morgan fingerprint density at radius 2 is 2.43 bits per heavy atom. The molecule has 0 aromatic rings. The lowest BCUT2D eigenvalue weighted by molar-refractivity contribution is -0.130. The first-order chi connectivity index (χ1) is 6.77. The number of likely N-dealkylation sites (tertiary alicyclic amines) is 1. The molecule has 14 heavy (non-hydrogen) atoms. The van der Waals surface area contributed by atoms with E-state index in [0.717, 1.165) is 26.1 Å². The van der Waals surface area contributed by atoms with Gasteiger partial charge in [0, 0.05) is 39.1 Å². The largest absolute Gasteiger partial charge is 0.396 e. The van der Waals surface area contributed by atoms with Gasteiger partial charge in [0.05, 0.1) is 6.61 Å². The summed E-state index contributed by atoms with van der Waals surface area (Å²) in [4.78, 5) is 13.4. The van der Waals surface area contributed by atoms with Crippen molar-refractivity contribution in [3.8, 4) is 0 Å². The molecule has 1 amide bonds. The van der Waals surface area contributed by atoms with Gasteiger partial charge in [-0.25, -0.2) is 0 Å². The Bertz CT molecular complexity index is 184. The summed E-state index contributed by atoms with van der Waals surface area (Å²) in [5.74, 6) is 0.663. The number of aliphatic hydroxyl groups excluding tert-OH is 1. The second-order valence-corrected chi connectivity index (χ2v) is 3.78. The molecule has 0 aliphatic carbocycles. The number of rotatable bonds is 5. The third-order valence-corrected chi connectivity index (χ3v) is 2.59. The number of carbonyl (C=O) groups excluding carboxylic acids is 1. The first-order valence-electron chi connectivity index (χ1n) is 5.15. The highest BCUT2D eigenvalue weighted by atomic mass is 16.5. The van der Waals surface area contributed by atoms with Gasteiger partial charge >= 0.3 is 0 Å². The van der Waals surface area contributed by atoms with Gasteiger partial charge in [0.2, 0.25) is 5.91 Å². The van der Waals surface area contributed by atoms with Crippen LogP contribution in [0.5, 0.6) is 0 Å². The van der Waals surface area contributed by atoms with E-state index in [1.54, 1.807) is 7.11 Å². The van der Waals surface area contributed by atoms with Gasteiger partial charge in [-0.15, -0.1) is 0 Å². The van der Waals surface area contributed by atoms with Crippen molar-refractivity contribution >= 4 is 5.91 Å². The van der Waals surface area contributed by atoms with E-state index in [0.29, 0.717) is 18.8 Å². The van der Waals surface area contributed by atoms with Crippen molar-refractivity contribution in [1.29, 1.82) is 0 Å². The average Bonchev–Trinajstić information content (AvgIpc) is 2.63. The summed E-state index contributed by atoms with van der Waals surface area (Å²) >= 11 is 0. The predicted octanol–water partition coefficient (Wildman–Crippen LogP) is 0.254. The Kier molecular flexibility index (Phi) is 4.90. The van der Waals surface area contributed by atoms with Crippen LogP contribution in [-0.2, 0) is 9.53 Å². The zero-order chi connectivity index (χ0) is 10.4. The molecule has 1 rings (SSSR count). The van der Waals surface area contributed by atoms with E-state index < -0.39 is 0 Å². The Balaban J connectivity index is 2.23. The summed E-state index contributed by atoms with van der Waals surface area (Å²) in [7, 11) is 1.69. The van der Waals surface area contributed by atoms with Crippen molar-refractivity contribution in [3.05, 3.63) is 0 Å². The number of hydrogen-bond acceptors (Lipinski definition) is 3. The Morgan fingerprint density at radius 1 is 1.64 bits per heavy atom. The minimum absolute atomic E-state index is 0.0983. The second-order valence-electron chi connectivity index (χ2n) is 3.78. The highest BCUT2D eigenvalue weighted by Gasteiger charge is 2.25. The average molecular weight is 201 g/mol. The van der Waals surface area contributed by atoms with Crippen LogP contribution in [0.25, 0.3) is 0 Å². The van der Waals surface area contributed by atoms with Crippen molar-refractivity contribution in [2.24, 2.45) is 5.92 Å². The molecule has 1 aliphatic heterocycles. The van der Waals surface area contributed by atoms with E-state index in [9.17, 15) is 4.79 Å². The minimum Gasteiger partial charge on any atom is -0.396 e. The molecular formula is C10H19NO3. The van der Waals surface area contributed by atoms with Crippen LogP contribution < -0.4 is 0 Å². The van der Waals surface area contributed by atoms with Crippen LogP contribution in [0.2, 0.25) is 0 Å². The smallest absolute Gasteiger partial charge is 0.222 e. The Morgan fingerprint density at radius 3 is 3.07 bits per heavy atom. The van der Waals surface area contributed by atoms with Gasteiger partial charge in [-0.2, -0.15) is 0 Å². The molecule has 0 spiro atoms. The molecule has 0 aromatic carbocycles. The molecule has 4 heteroatoms. The van der Waals surface area contributed by atoms with Crippen molar-refractivity contribution in [1.82, 2.24) is 4.90 Å². The molecular weight excluding hydrogens is 182 g/mol. The van der Waals surface area contributed by atoms with Gasteiger partial charge in [0.25, 0.3) is 0 Å². The summed E-state index contributed by atoms with van der Waals surface area (Å²) < 4.78 is 5.06. The number of ether oxygens (including phenoxy) is 1. The van der Waals surface area contributed by atoms with Gasteiger partial charge in [-0.1, -0.05) is 0 Å². The van der Waals surface area contributed by atoms with Crippen LogP contribution in [-0.4, -0.2) is 49.3 Å². The molecule has 1 fully saturated rings. The molecule has 1 unspecified atom stereocenters. The quantitative estimate of drug-likeness (QED) is 0.694. The van der Waals surface area contributed by atoms with Gasteiger partial charge in [-0.05, 0) is 12.8 Å². The van der Waals surface area contributed by atoms with E-state index in [1.807, 2.05) is 4.90 Å². The van der Waals surface area contributed by atoms with Crippen LogP contribution in [0.4, 0.5) is 0 Å². The van der Waals surface area contributed by atoms with Gasteiger partial charge in [0.1, 0.15) is 0 Å². The lowest BCUT2D eigenvalue weighted by Gasteiger charge is -2.15. The summed E-state index contributed by atoms with van der Waals surface area (Å²) in [6.07, 6.45) is 2.08. The lowest BCUT2D eigenvalue weighted by Crippen LogP contribution is -2.29. The molecule has 1 atom stereocenters. The van der Waals surface area contributed by atoms with Crippen molar-refractivity contribution < 1.29 is 14.6 Å². The van der Waals surface area contributed by atoms with E-state index in [-0.39, 0.29) is 12.5 Å². The van der Waals surface area contributed by atoms with Crippen LogP contribution in [0.1, 0.15) is 19.3 Å². The molecule has 1 N–H and O–H groups in total. The Labute approximate surface area is 84.8 Å². The van der Waals surface area contributed by atoms with E-state index in [2.05, 4.69) is 0 Å². The maximum Gasteiger partial charge on any atom is 0.222 e. The zero-order valence-electron chi connectivity index (χ0n) is 8.74. The van der Waals surface area contributed by atoms with Crippen molar-refractivity contribution in [3.63, 3.8) is 0 Å². The second kappa shape index (κ2) is 5.98. The van der Waals surface area contributed by atoms with Crippen LogP contribution in [0.15, 0.2) is 0 Å². The molecule has 0 bridgehead atoms. The predicted molar refractivity (Wildman–Crippen MR) is 52.9 cm³/mol. The summed E-state index contributed by atoms with van der Waals surface area (Å²) in [5.41, 5.74) is 0. The maximum absolute atomic E-state index is 11.5. The first-order valence-corrected chi connectivity index (χ1v) is 5.15. The van der Waals surface area contributed by atoms with Crippen LogP contribution in [0, 0.1) is 5.92 Å². The standard InChI is InChI=1S/C10H19NO3/c1-14-8-9-4-5-11(7-9)10(13)3-2-6-12/h9,12H,2-8H2,1H3. The number of nitrogens with zero attached hydrogens (tertiary/aromatic N) is 1. The maximum atomic E-state index is 11.5. The molecule has 1 aliphatic rings. The summed E-state index contributed by atoms with van der Waals surface area (Å²) in [6, 6.07) is 0. The molecule has 1 heterocycles. The molecule has 0 aromatic heterocycles. The summed E-state index contributed by atoms with van der Waals surface area (Å²) in [6.45, 7) is 2.50. The van der Waals surface area contributed by atoms with Gasteiger partial charge < -0.3 is 14.7 Å². The summed E-state index contributed by atoms with van der Waals surface area (Å²) in [5, 5.41) is 8.60. The van der Waals surface area contributed by atoms with Gasteiger partial charge in [-0.3, -0.25) is 4.79 Å². The molecule has 4 nitrogen and oxygen atoms in total. The normalized spacial score (nSPS) is 21.6. The monoisotopic (exact) mass is 201 g/mol. The molecule has 0 radical (unpaired) electrons. The fourth-order valence-electron chi connectivity index (χ4n) is 1.82. The number of hydrogen-bond donors (Lipinski definition) is 1. The topological polar surface area (TPSA) is 49.8 Å². The number of carbonyl (C=O) groups is 1. The minimum atomic E-state index is 0.0983. The highest BCUT2D eigenvalue weighted by molar-refractivity contribution is 5.76. The first kappa shape index (κ1) is 11.5. The van der Waals surface area contributed by atoms with Crippen LogP contribution >= 0.6 is 0 Å². The Hall–Kier alpha value is -0.610. The third kappa shape index (κ3) is 3.27. The fraction of sp³-hybridized carbons (Fsp3) is 0.900. The molecule has 1 saturated heterocycles. The van der Waals surface area contributed by atoms with E-state index >= 15 is 0 Å². The third-order valence-electron chi connectivity index (χ3n) is 2.59. The number of amides is 1. The highest BCUT2D eigenvalue weighted by Crippen LogP contribution is 2.17. The van der Waals surface area contributed by atoms with Crippen molar-refractivity contribution in [2.75, 3.05) is 33.4 Å². The molecule has 0 saturated carbocycles. The van der Waals surface area contributed by atoms with Gasteiger partial charge in [0.15, 0.2) is 0 Å². The van der Waals surface area contributed by atoms with Crippen molar-refractivity contribution in [2.45, 2.75) is 19.3 Å². The van der Waals surface area contributed by atoms with Crippen LogP contribution in [0.3, 0.4) is 0 Å². The molecule has 82 valence electrons. The lowest BCUT2D eigenvalue weighted by atomic mass is 10.1. The SMILES string of the molecule is COCC1CCN(C(=O)CCCO)C1.